The van der Waals surface area contributed by atoms with E-state index in [1.54, 1.807) is 0 Å². The van der Waals surface area contributed by atoms with Gasteiger partial charge in [-0.15, -0.1) is 10.2 Å². The molecule has 1 aromatic heterocycles. The predicted molar refractivity (Wildman–Crippen MR) is 78.8 cm³/mol. The van der Waals surface area contributed by atoms with Crippen LogP contribution in [-0.4, -0.2) is 47.9 Å². The molecule has 2 aromatic rings. The molecule has 0 radical (unpaired) electrons. The number of benzene rings is 1. The van der Waals surface area contributed by atoms with Crippen molar-refractivity contribution < 1.29 is 17.9 Å². The quantitative estimate of drug-likeness (QED) is 0.768. The summed E-state index contributed by atoms with van der Waals surface area (Å²) in [5.74, 6) is 3.03. The van der Waals surface area contributed by atoms with E-state index in [9.17, 15) is 8.42 Å². The Morgan fingerprint density at radius 3 is 2.73 bits per heavy atom. The lowest BCUT2D eigenvalue weighted by Gasteiger charge is -2.18. The molecule has 116 valence electrons. The highest BCUT2D eigenvalue weighted by molar-refractivity contribution is 7.91. The normalized spacial score (nSPS) is 19.3. The minimum absolute atomic E-state index is 0.121. The average molecular weight is 321 g/mol. The van der Waals surface area contributed by atoms with Gasteiger partial charge in [0.1, 0.15) is 19.0 Å². The summed E-state index contributed by atoms with van der Waals surface area (Å²) in [7, 11) is -3.00. The summed E-state index contributed by atoms with van der Waals surface area (Å²) in [6.07, 6.45) is 0.403. The van der Waals surface area contributed by atoms with Gasteiger partial charge in [0.2, 0.25) is 0 Å². The zero-order valence-electron chi connectivity index (χ0n) is 11.9. The van der Waals surface area contributed by atoms with Crippen LogP contribution in [0, 0.1) is 0 Å². The van der Waals surface area contributed by atoms with Crippen molar-refractivity contribution in [3.8, 4) is 22.9 Å². The molecule has 4 rings (SSSR count). The second kappa shape index (κ2) is 4.98. The lowest BCUT2D eigenvalue weighted by Crippen LogP contribution is -2.15. The molecule has 3 heterocycles. The third-order valence-corrected chi connectivity index (χ3v) is 5.52. The maximum Gasteiger partial charge on any atom is 0.164 e. The van der Waals surface area contributed by atoms with Crippen LogP contribution in [0.4, 0.5) is 0 Å². The zero-order valence-corrected chi connectivity index (χ0v) is 12.7. The van der Waals surface area contributed by atoms with E-state index in [-0.39, 0.29) is 11.5 Å². The number of sulfone groups is 1. The van der Waals surface area contributed by atoms with Crippen molar-refractivity contribution in [1.82, 2.24) is 14.8 Å². The molecular weight excluding hydrogens is 306 g/mol. The van der Waals surface area contributed by atoms with E-state index < -0.39 is 9.84 Å². The van der Waals surface area contributed by atoms with Gasteiger partial charge in [-0.1, -0.05) is 0 Å². The van der Waals surface area contributed by atoms with Gasteiger partial charge in [0.05, 0.1) is 11.5 Å². The summed E-state index contributed by atoms with van der Waals surface area (Å²) >= 11 is 0. The molecule has 0 bridgehead atoms. The van der Waals surface area contributed by atoms with Crippen molar-refractivity contribution in [2.24, 2.45) is 0 Å². The summed E-state index contributed by atoms with van der Waals surface area (Å²) in [6.45, 7) is 1.45. The molecule has 1 aromatic carbocycles. The van der Waals surface area contributed by atoms with Crippen LogP contribution in [0.5, 0.6) is 11.5 Å². The average Bonchev–Trinajstić information content (AvgIpc) is 2.87. The molecule has 0 amide bonds. The van der Waals surface area contributed by atoms with Crippen LogP contribution in [-0.2, 0) is 22.8 Å². The molecule has 22 heavy (non-hydrogen) atoms. The first-order valence-corrected chi connectivity index (χ1v) is 8.97. The van der Waals surface area contributed by atoms with Gasteiger partial charge in [0.25, 0.3) is 0 Å². The van der Waals surface area contributed by atoms with Crippen LogP contribution in [0.3, 0.4) is 0 Å². The molecule has 7 nitrogen and oxygen atoms in total. The van der Waals surface area contributed by atoms with E-state index in [2.05, 4.69) is 10.2 Å². The molecule has 0 N–H and O–H groups in total. The van der Waals surface area contributed by atoms with Crippen LogP contribution in [0.25, 0.3) is 11.4 Å². The van der Waals surface area contributed by atoms with Crippen molar-refractivity contribution in [2.45, 2.75) is 13.0 Å². The first-order valence-electron chi connectivity index (χ1n) is 7.15. The number of fused-ring (bicyclic) bond motifs is 2. The monoisotopic (exact) mass is 321 g/mol. The van der Waals surface area contributed by atoms with Gasteiger partial charge in [-0.05, 0) is 18.2 Å². The van der Waals surface area contributed by atoms with Crippen molar-refractivity contribution in [2.75, 3.05) is 24.7 Å². The molecular formula is C14H15N3O4S. The minimum Gasteiger partial charge on any atom is -0.486 e. The van der Waals surface area contributed by atoms with E-state index in [0.29, 0.717) is 49.3 Å². The molecule has 2 aliphatic heterocycles. The lowest BCUT2D eigenvalue weighted by atomic mass is 10.2. The Hall–Kier alpha value is -2.09. The molecule has 0 spiro atoms. The first-order chi connectivity index (χ1) is 10.6. The topological polar surface area (TPSA) is 83.3 Å². The molecule has 0 atom stereocenters. The Labute approximate surface area is 127 Å². The van der Waals surface area contributed by atoms with Crippen LogP contribution < -0.4 is 9.47 Å². The van der Waals surface area contributed by atoms with Crippen molar-refractivity contribution in [3.63, 3.8) is 0 Å². The molecule has 2 aliphatic rings. The Morgan fingerprint density at radius 2 is 1.86 bits per heavy atom. The van der Waals surface area contributed by atoms with Crippen molar-refractivity contribution >= 4 is 9.84 Å². The summed E-state index contributed by atoms with van der Waals surface area (Å²) < 4.78 is 36.5. The smallest absolute Gasteiger partial charge is 0.164 e. The molecule has 8 heteroatoms. The predicted octanol–water partition coefficient (Wildman–Crippen LogP) is 0.687. The molecule has 0 unspecified atom stereocenters. The molecule has 0 aliphatic carbocycles. The summed E-state index contributed by atoms with van der Waals surface area (Å²) in [5, 5.41) is 8.38. The van der Waals surface area contributed by atoms with Crippen molar-refractivity contribution in [1.29, 1.82) is 0 Å². The van der Waals surface area contributed by atoms with Gasteiger partial charge < -0.3 is 14.0 Å². The number of rotatable bonds is 1. The van der Waals surface area contributed by atoms with Gasteiger partial charge in [-0.3, -0.25) is 0 Å². The van der Waals surface area contributed by atoms with Gasteiger partial charge in [0.15, 0.2) is 27.2 Å². The minimum atomic E-state index is -3.00. The summed E-state index contributed by atoms with van der Waals surface area (Å²) in [5.41, 5.74) is 0.849. The fraction of sp³-hybridized carbons (Fsp3) is 0.429. The van der Waals surface area contributed by atoms with E-state index in [0.717, 1.165) is 5.56 Å². The Bertz CT molecular complexity index is 829. The van der Waals surface area contributed by atoms with E-state index in [1.807, 2.05) is 22.8 Å². The van der Waals surface area contributed by atoms with Gasteiger partial charge in [0, 0.05) is 18.5 Å². The van der Waals surface area contributed by atoms with Crippen LogP contribution in [0.1, 0.15) is 5.82 Å². The van der Waals surface area contributed by atoms with E-state index in [1.165, 1.54) is 0 Å². The standard InChI is InChI=1S/C14H15N3O4S/c18-22(19)7-3-13-15-16-14(17(13)4-8-22)10-1-2-11-12(9-10)21-6-5-20-11/h1-2,9H,3-8H2. The highest BCUT2D eigenvalue weighted by Gasteiger charge is 2.23. The fourth-order valence-corrected chi connectivity index (χ4v) is 3.89. The summed E-state index contributed by atoms with van der Waals surface area (Å²) in [4.78, 5) is 0. The Kier molecular flexibility index (Phi) is 3.07. The van der Waals surface area contributed by atoms with E-state index >= 15 is 0 Å². The van der Waals surface area contributed by atoms with Crippen molar-refractivity contribution in [3.05, 3.63) is 24.0 Å². The highest BCUT2D eigenvalue weighted by Crippen LogP contribution is 2.34. The molecule has 0 fully saturated rings. The number of aryl methyl sites for hydroxylation is 1. The Balaban J connectivity index is 1.74. The van der Waals surface area contributed by atoms with Crippen LogP contribution in [0.2, 0.25) is 0 Å². The second-order valence-electron chi connectivity index (χ2n) is 5.35. The molecule has 0 saturated carbocycles. The third-order valence-electron chi connectivity index (χ3n) is 3.89. The SMILES string of the molecule is O=S1(=O)CCc2nnc(-c3ccc4c(c3)OCCO4)n2CC1. The highest BCUT2D eigenvalue weighted by atomic mass is 32.2. The van der Waals surface area contributed by atoms with E-state index in [4.69, 9.17) is 9.47 Å². The molecule has 0 saturated heterocycles. The summed E-state index contributed by atoms with van der Waals surface area (Å²) in [6, 6.07) is 5.61. The number of nitrogens with zero attached hydrogens (tertiary/aromatic N) is 3. The third kappa shape index (κ3) is 2.33. The van der Waals surface area contributed by atoms with Crippen LogP contribution >= 0.6 is 0 Å². The number of hydrogen-bond acceptors (Lipinski definition) is 6. The zero-order chi connectivity index (χ0) is 15.2. The number of ether oxygens (including phenoxy) is 2. The first kappa shape index (κ1) is 13.6. The lowest BCUT2D eigenvalue weighted by molar-refractivity contribution is 0.171. The maximum absolute atomic E-state index is 11.8. The number of hydrogen-bond donors (Lipinski definition) is 0. The fourth-order valence-electron chi connectivity index (χ4n) is 2.73. The Morgan fingerprint density at radius 1 is 1.05 bits per heavy atom. The van der Waals surface area contributed by atoms with Gasteiger partial charge in [-0.25, -0.2) is 8.42 Å². The van der Waals surface area contributed by atoms with Crippen LogP contribution in [0.15, 0.2) is 18.2 Å². The number of aromatic nitrogens is 3. The second-order valence-corrected chi connectivity index (χ2v) is 7.66. The maximum atomic E-state index is 11.8. The largest absolute Gasteiger partial charge is 0.486 e. The van der Waals surface area contributed by atoms with Gasteiger partial charge >= 0.3 is 0 Å². The van der Waals surface area contributed by atoms with Gasteiger partial charge in [-0.2, -0.15) is 0 Å².